The molecule has 0 spiro atoms. The molecule has 0 fully saturated rings. The van der Waals surface area contributed by atoms with Crippen molar-refractivity contribution in [1.82, 2.24) is 10.3 Å². The van der Waals surface area contributed by atoms with Crippen LogP contribution in [0.4, 0.5) is 0 Å². The fraction of sp³-hybridized carbons (Fsp3) is 0.182. The topological polar surface area (TPSA) is 47.3 Å². The molecule has 6 heteroatoms. The summed E-state index contributed by atoms with van der Waals surface area (Å²) in [6.07, 6.45) is 1.66. The Bertz CT molecular complexity index is 514. The summed E-state index contributed by atoms with van der Waals surface area (Å²) in [5, 5.41) is 3.94. The van der Waals surface area contributed by atoms with Crippen LogP contribution in [0.25, 0.3) is 0 Å². The van der Waals surface area contributed by atoms with Crippen LogP contribution in [0, 0.1) is 0 Å². The summed E-state index contributed by atoms with van der Waals surface area (Å²) in [6, 6.07) is 4.93. The maximum atomic E-state index is 5.95. The van der Waals surface area contributed by atoms with Gasteiger partial charge in [0.25, 0.3) is 0 Å². The average molecular weight is 273 g/mol. The Morgan fingerprint density at radius 2 is 2.24 bits per heavy atom. The lowest BCUT2D eigenvalue weighted by Crippen LogP contribution is -2.04. The van der Waals surface area contributed by atoms with E-state index in [2.05, 4.69) is 10.3 Å². The molecular formula is C11H10Cl2N2O2. The first-order chi connectivity index (χ1) is 8.19. The van der Waals surface area contributed by atoms with Crippen molar-refractivity contribution in [3.05, 3.63) is 40.2 Å². The third-order valence-corrected chi connectivity index (χ3v) is 2.53. The van der Waals surface area contributed by atoms with Gasteiger partial charge in [0.1, 0.15) is 6.26 Å². The van der Waals surface area contributed by atoms with Gasteiger partial charge in [-0.1, -0.05) is 23.2 Å². The lowest BCUT2D eigenvalue weighted by molar-refractivity contribution is 0.331. The first-order valence-electron chi connectivity index (χ1n) is 4.91. The summed E-state index contributed by atoms with van der Waals surface area (Å²) >= 11 is 11.8. The lowest BCUT2D eigenvalue weighted by atomic mass is 10.3. The van der Waals surface area contributed by atoms with E-state index in [4.69, 9.17) is 32.4 Å². The molecule has 1 aromatic heterocycles. The molecule has 0 amide bonds. The highest BCUT2D eigenvalue weighted by Gasteiger charge is 2.09. The summed E-state index contributed by atoms with van der Waals surface area (Å²) in [5.41, 5.74) is 0.751. The Labute approximate surface area is 109 Å². The summed E-state index contributed by atoms with van der Waals surface area (Å²) in [7, 11) is 1.82. The van der Waals surface area contributed by atoms with Gasteiger partial charge in [0.15, 0.2) is 5.75 Å². The van der Waals surface area contributed by atoms with Gasteiger partial charge in [-0.3, -0.25) is 0 Å². The number of hydrogen-bond acceptors (Lipinski definition) is 4. The molecule has 0 aliphatic carbocycles. The van der Waals surface area contributed by atoms with Gasteiger partial charge in [-0.2, -0.15) is 4.98 Å². The van der Waals surface area contributed by atoms with Crippen LogP contribution in [0.2, 0.25) is 10.0 Å². The maximum Gasteiger partial charge on any atom is 0.399 e. The van der Waals surface area contributed by atoms with Gasteiger partial charge in [0, 0.05) is 17.6 Å². The highest BCUT2D eigenvalue weighted by Crippen LogP contribution is 2.31. The zero-order valence-corrected chi connectivity index (χ0v) is 10.5. The Balaban J connectivity index is 2.16. The third-order valence-electron chi connectivity index (χ3n) is 1.98. The second kappa shape index (κ2) is 5.40. The second-order valence-corrected chi connectivity index (χ2v) is 4.16. The predicted molar refractivity (Wildman–Crippen MR) is 65.8 cm³/mol. The number of rotatable bonds is 4. The van der Waals surface area contributed by atoms with Crippen LogP contribution in [0.5, 0.6) is 11.8 Å². The molecule has 1 aromatic carbocycles. The van der Waals surface area contributed by atoms with E-state index in [1.807, 2.05) is 7.05 Å². The van der Waals surface area contributed by atoms with Crippen LogP contribution >= 0.6 is 23.2 Å². The van der Waals surface area contributed by atoms with E-state index in [0.717, 1.165) is 5.69 Å². The van der Waals surface area contributed by atoms with Crippen molar-refractivity contribution in [2.24, 2.45) is 0 Å². The van der Waals surface area contributed by atoms with Gasteiger partial charge >= 0.3 is 6.08 Å². The van der Waals surface area contributed by atoms with Gasteiger partial charge in [0.05, 0.1) is 10.7 Å². The molecule has 0 unspecified atom stereocenters. The smallest absolute Gasteiger partial charge is 0.399 e. The molecular weight excluding hydrogens is 263 g/mol. The molecule has 17 heavy (non-hydrogen) atoms. The van der Waals surface area contributed by atoms with E-state index in [0.29, 0.717) is 22.3 Å². The molecule has 0 aliphatic heterocycles. The zero-order valence-electron chi connectivity index (χ0n) is 9.04. The molecule has 2 aromatic rings. The molecule has 0 radical (unpaired) electrons. The number of oxazole rings is 1. The van der Waals surface area contributed by atoms with Crippen LogP contribution < -0.4 is 10.1 Å². The van der Waals surface area contributed by atoms with Gasteiger partial charge in [-0.15, -0.1) is 0 Å². The fourth-order valence-corrected chi connectivity index (χ4v) is 1.57. The summed E-state index contributed by atoms with van der Waals surface area (Å²) in [4.78, 5) is 4.11. The molecule has 2 rings (SSSR count). The van der Waals surface area contributed by atoms with Gasteiger partial charge in [-0.05, 0) is 19.2 Å². The van der Waals surface area contributed by atoms with Crippen molar-refractivity contribution >= 4 is 23.2 Å². The minimum absolute atomic E-state index is 0.138. The standard InChI is InChI=1S/C11H10Cl2N2O2/c1-14-5-8-6-16-11(15-8)17-10-4-7(12)2-3-9(10)13/h2-4,6,14H,5H2,1H3. The van der Waals surface area contributed by atoms with Crippen LogP contribution in [0.15, 0.2) is 28.9 Å². The highest BCUT2D eigenvalue weighted by molar-refractivity contribution is 6.34. The van der Waals surface area contributed by atoms with Gasteiger partial charge < -0.3 is 14.5 Å². The monoisotopic (exact) mass is 272 g/mol. The molecule has 1 heterocycles. The number of halogens is 2. The van der Waals surface area contributed by atoms with Gasteiger partial charge in [0.2, 0.25) is 0 Å². The second-order valence-electron chi connectivity index (χ2n) is 3.31. The van der Waals surface area contributed by atoms with Crippen LogP contribution in [0.3, 0.4) is 0 Å². The van der Waals surface area contributed by atoms with Crippen LogP contribution in [-0.2, 0) is 6.54 Å². The Morgan fingerprint density at radius 1 is 1.41 bits per heavy atom. The van der Waals surface area contributed by atoms with E-state index >= 15 is 0 Å². The molecule has 1 N–H and O–H groups in total. The molecule has 0 aliphatic rings. The Kier molecular flexibility index (Phi) is 3.89. The number of benzene rings is 1. The van der Waals surface area contributed by atoms with E-state index in [9.17, 15) is 0 Å². The molecule has 4 nitrogen and oxygen atoms in total. The first kappa shape index (κ1) is 12.2. The summed E-state index contributed by atoms with van der Waals surface area (Å²) in [5.74, 6) is 0.414. The largest absolute Gasteiger partial charge is 0.417 e. The van der Waals surface area contributed by atoms with Gasteiger partial charge in [-0.25, -0.2) is 0 Å². The van der Waals surface area contributed by atoms with Crippen molar-refractivity contribution in [3.8, 4) is 11.8 Å². The SMILES string of the molecule is CNCc1coc(Oc2cc(Cl)ccc2Cl)n1. The Hall–Kier alpha value is -1.23. The lowest BCUT2D eigenvalue weighted by Gasteiger charge is -2.03. The first-order valence-corrected chi connectivity index (χ1v) is 5.66. The summed E-state index contributed by atoms with van der Waals surface area (Å²) < 4.78 is 10.5. The molecule has 90 valence electrons. The van der Waals surface area contributed by atoms with Crippen molar-refractivity contribution < 1.29 is 9.15 Å². The molecule has 0 saturated heterocycles. The van der Waals surface area contributed by atoms with Crippen LogP contribution in [0.1, 0.15) is 5.69 Å². The van der Waals surface area contributed by atoms with E-state index < -0.39 is 0 Å². The van der Waals surface area contributed by atoms with Crippen LogP contribution in [-0.4, -0.2) is 12.0 Å². The van der Waals surface area contributed by atoms with Crippen molar-refractivity contribution in [2.75, 3.05) is 7.05 Å². The molecule has 0 saturated carbocycles. The zero-order chi connectivity index (χ0) is 12.3. The normalized spacial score (nSPS) is 10.5. The van der Waals surface area contributed by atoms with Crippen molar-refractivity contribution in [2.45, 2.75) is 6.54 Å². The number of nitrogens with one attached hydrogen (secondary N) is 1. The third kappa shape index (κ3) is 3.12. The Morgan fingerprint density at radius 3 is 3.00 bits per heavy atom. The molecule has 0 atom stereocenters. The average Bonchev–Trinajstić information content (AvgIpc) is 2.72. The molecule has 0 bridgehead atoms. The minimum Gasteiger partial charge on any atom is -0.417 e. The highest BCUT2D eigenvalue weighted by atomic mass is 35.5. The summed E-state index contributed by atoms with van der Waals surface area (Å²) in [6.45, 7) is 0.607. The number of nitrogens with zero attached hydrogens (tertiary/aromatic N) is 1. The fourth-order valence-electron chi connectivity index (χ4n) is 1.25. The minimum atomic E-state index is 0.138. The van der Waals surface area contributed by atoms with Crippen molar-refractivity contribution in [3.63, 3.8) is 0 Å². The quantitative estimate of drug-likeness (QED) is 0.926. The van der Waals surface area contributed by atoms with E-state index in [1.165, 1.54) is 6.26 Å². The number of hydrogen-bond donors (Lipinski definition) is 1. The number of ether oxygens (including phenoxy) is 1. The number of aromatic nitrogens is 1. The van der Waals surface area contributed by atoms with Crippen molar-refractivity contribution in [1.29, 1.82) is 0 Å². The van der Waals surface area contributed by atoms with E-state index in [1.54, 1.807) is 18.2 Å². The van der Waals surface area contributed by atoms with E-state index in [-0.39, 0.29) is 6.08 Å². The maximum absolute atomic E-state index is 5.95. The predicted octanol–water partition coefficient (Wildman–Crippen LogP) is 3.49.